The average Bonchev–Trinajstić information content (AvgIpc) is 3.05. The Morgan fingerprint density at radius 2 is 1.04 bits per heavy atom. The van der Waals surface area contributed by atoms with Crippen molar-refractivity contribution in [3.05, 3.63) is 18.2 Å². The lowest BCUT2D eigenvalue weighted by molar-refractivity contribution is -0.678. The summed E-state index contributed by atoms with van der Waals surface area (Å²) in [6.07, 6.45) is 31.4. The molecule has 0 spiro atoms. The second kappa shape index (κ2) is 18.3. The van der Waals surface area contributed by atoms with Crippen molar-refractivity contribution in [2.75, 3.05) is 0 Å². The summed E-state index contributed by atoms with van der Waals surface area (Å²) < 4.78 is 4.79. The van der Waals surface area contributed by atoms with Crippen LogP contribution in [0.2, 0.25) is 0 Å². The molecule has 0 fully saturated rings. The molecule has 0 saturated heterocycles. The van der Waals surface area contributed by atoms with E-state index in [0.717, 1.165) is 0 Å². The number of hydrogen-bond donors (Lipinski definition) is 0. The van der Waals surface area contributed by atoms with Crippen molar-refractivity contribution < 1.29 is 4.57 Å². The molecule has 0 unspecified atom stereocenters. The van der Waals surface area contributed by atoms with Crippen LogP contribution in [0.3, 0.4) is 0 Å². The highest BCUT2D eigenvalue weighted by molar-refractivity contribution is 4.84. The van der Waals surface area contributed by atoms with E-state index in [0.29, 0.717) is 0 Å². The fourth-order valence-electron chi connectivity index (χ4n) is 4.24. The summed E-state index contributed by atoms with van der Waals surface area (Å²) in [5.74, 6) is 1.51. The fraction of sp³-hybridized carbons (Fsp3) is 0.885. The fourth-order valence-corrected chi connectivity index (χ4v) is 4.24. The molecule has 0 saturated carbocycles. The first-order valence-corrected chi connectivity index (χ1v) is 12.8. The predicted molar refractivity (Wildman–Crippen MR) is 124 cm³/mol. The van der Waals surface area contributed by atoms with Gasteiger partial charge in [-0.05, 0) is 12.8 Å². The van der Waals surface area contributed by atoms with Crippen LogP contribution in [0, 0.1) is 0 Å². The number of aromatic nitrogens is 2. The summed E-state index contributed by atoms with van der Waals surface area (Å²) in [7, 11) is 2.20. The molecule has 0 aliphatic heterocycles. The van der Waals surface area contributed by atoms with Gasteiger partial charge in [0.25, 0.3) is 5.82 Å². The Morgan fingerprint density at radius 1 is 0.607 bits per heavy atom. The highest BCUT2D eigenvalue weighted by atomic mass is 15.1. The topological polar surface area (TPSA) is 8.81 Å². The van der Waals surface area contributed by atoms with Gasteiger partial charge in [0.1, 0.15) is 12.4 Å². The molecule has 0 amide bonds. The van der Waals surface area contributed by atoms with Gasteiger partial charge < -0.3 is 0 Å². The minimum absolute atomic E-state index is 1.19. The second-order valence-electron chi connectivity index (χ2n) is 8.93. The molecule has 0 radical (unpaired) electrons. The maximum absolute atomic E-state index is 2.47. The van der Waals surface area contributed by atoms with E-state index in [-0.39, 0.29) is 0 Å². The Hall–Kier alpha value is -0.790. The highest BCUT2D eigenvalue weighted by Crippen LogP contribution is 2.14. The molecule has 1 heterocycles. The zero-order valence-electron chi connectivity index (χ0n) is 19.7. The zero-order chi connectivity index (χ0) is 20.3. The molecule has 2 nitrogen and oxygen atoms in total. The maximum atomic E-state index is 2.47. The molecule has 2 heteroatoms. The summed E-state index contributed by atoms with van der Waals surface area (Å²) in [6, 6.07) is 0. The highest BCUT2D eigenvalue weighted by Gasteiger charge is 2.13. The summed E-state index contributed by atoms with van der Waals surface area (Å²) in [5.41, 5.74) is 0. The lowest BCUT2D eigenvalue weighted by atomic mass is 10.0. The molecule has 0 aliphatic rings. The van der Waals surface area contributed by atoms with E-state index in [4.69, 9.17) is 0 Å². The van der Waals surface area contributed by atoms with Crippen molar-refractivity contribution in [2.45, 2.75) is 142 Å². The van der Waals surface area contributed by atoms with Gasteiger partial charge in [0.15, 0.2) is 0 Å². The summed E-state index contributed by atoms with van der Waals surface area (Å²) in [4.78, 5) is 0. The van der Waals surface area contributed by atoms with E-state index < -0.39 is 0 Å². The van der Waals surface area contributed by atoms with Crippen LogP contribution in [-0.2, 0) is 20.0 Å². The van der Waals surface area contributed by atoms with Gasteiger partial charge in [0.2, 0.25) is 0 Å². The van der Waals surface area contributed by atoms with Gasteiger partial charge in [-0.2, -0.15) is 0 Å². The first kappa shape index (κ1) is 25.2. The standard InChI is InChI=1S/C26H51N2/c1-4-6-8-9-10-11-12-13-14-15-16-17-18-19-20-21-22-26-27(3)24-25-28(26)23-7-5-2/h24-25H,4-23H2,1-3H3/q+1. The summed E-state index contributed by atoms with van der Waals surface area (Å²) >= 11 is 0. The Morgan fingerprint density at radius 3 is 1.50 bits per heavy atom. The van der Waals surface area contributed by atoms with Gasteiger partial charge >= 0.3 is 0 Å². The molecule has 1 rings (SSSR count). The third-order valence-electron chi connectivity index (χ3n) is 6.22. The lowest BCUT2D eigenvalue weighted by Gasteiger charge is -2.04. The third kappa shape index (κ3) is 12.6. The minimum atomic E-state index is 1.19. The molecule has 0 N–H and O–H groups in total. The Balaban J connectivity index is 1.87. The average molecular weight is 392 g/mol. The molecule has 0 aromatic carbocycles. The van der Waals surface area contributed by atoms with Crippen molar-refractivity contribution >= 4 is 0 Å². The molecular weight excluding hydrogens is 340 g/mol. The molecule has 0 bridgehead atoms. The molecule has 1 aromatic rings. The summed E-state index contributed by atoms with van der Waals surface area (Å²) in [5, 5.41) is 0. The van der Waals surface area contributed by atoms with Crippen molar-refractivity contribution in [2.24, 2.45) is 7.05 Å². The van der Waals surface area contributed by atoms with Crippen LogP contribution in [0.25, 0.3) is 0 Å². The quantitative estimate of drug-likeness (QED) is 0.158. The van der Waals surface area contributed by atoms with E-state index in [9.17, 15) is 0 Å². The van der Waals surface area contributed by atoms with E-state index in [1.807, 2.05) is 0 Å². The van der Waals surface area contributed by atoms with Gasteiger partial charge in [-0.1, -0.05) is 117 Å². The molecular formula is C26H51N2+. The number of unbranched alkanes of at least 4 members (excludes halogenated alkanes) is 16. The Bertz CT molecular complexity index is 449. The van der Waals surface area contributed by atoms with E-state index in [1.165, 1.54) is 134 Å². The normalized spacial score (nSPS) is 11.4. The van der Waals surface area contributed by atoms with Gasteiger partial charge in [0, 0.05) is 6.42 Å². The largest absolute Gasteiger partial charge is 0.256 e. The van der Waals surface area contributed by atoms with E-state index in [2.05, 4.69) is 42.4 Å². The first-order chi connectivity index (χ1) is 13.8. The number of nitrogens with zero attached hydrogens (tertiary/aromatic N) is 2. The van der Waals surface area contributed by atoms with Crippen molar-refractivity contribution in [3.63, 3.8) is 0 Å². The molecule has 0 atom stereocenters. The van der Waals surface area contributed by atoms with Gasteiger partial charge in [-0.15, -0.1) is 0 Å². The zero-order valence-corrected chi connectivity index (χ0v) is 19.7. The van der Waals surface area contributed by atoms with Crippen LogP contribution in [0.4, 0.5) is 0 Å². The van der Waals surface area contributed by atoms with Crippen LogP contribution in [0.5, 0.6) is 0 Å². The number of imidazole rings is 1. The lowest BCUT2D eigenvalue weighted by Crippen LogP contribution is -2.32. The van der Waals surface area contributed by atoms with Crippen LogP contribution in [0.1, 0.15) is 135 Å². The van der Waals surface area contributed by atoms with Crippen LogP contribution in [-0.4, -0.2) is 4.57 Å². The van der Waals surface area contributed by atoms with Crippen LogP contribution >= 0.6 is 0 Å². The Labute approximate surface area is 177 Å². The second-order valence-corrected chi connectivity index (χ2v) is 8.93. The Kier molecular flexibility index (Phi) is 16.5. The van der Waals surface area contributed by atoms with Crippen molar-refractivity contribution in [1.82, 2.24) is 4.57 Å². The molecule has 164 valence electrons. The predicted octanol–water partition coefficient (Wildman–Crippen LogP) is 7.92. The van der Waals surface area contributed by atoms with Gasteiger partial charge in [-0.25, -0.2) is 9.13 Å². The first-order valence-electron chi connectivity index (χ1n) is 12.8. The monoisotopic (exact) mass is 391 g/mol. The molecule has 1 aromatic heterocycles. The van der Waals surface area contributed by atoms with Crippen molar-refractivity contribution in [1.29, 1.82) is 0 Å². The van der Waals surface area contributed by atoms with Crippen LogP contribution in [0.15, 0.2) is 12.4 Å². The smallest absolute Gasteiger partial charge is 0.237 e. The minimum Gasteiger partial charge on any atom is -0.237 e. The number of aryl methyl sites for hydroxylation is 2. The van der Waals surface area contributed by atoms with Crippen LogP contribution < -0.4 is 4.57 Å². The summed E-state index contributed by atoms with van der Waals surface area (Å²) in [6.45, 7) is 5.76. The maximum Gasteiger partial charge on any atom is 0.256 e. The molecule has 28 heavy (non-hydrogen) atoms. The van der Waals surface area contributed by atoms with Gasteiger partial charge in [0.05, 0.1) is 13.6 Å². The SMILES string of the molecule is CCCCCCCCCCCCCCCCCCc1n(CCCC)cc[n+]1C. The number of rotatable bonds is 20. The van der Waals surface area contributed by atoms with E-state index in [1.54, 1.807) is 0 Å². The van der Waals surface area contributed by atoms with Gasteiger partial charge in [-0.3, -0.25) is 0 Å². The third-order valence-corrected chi connectivity index (χ3v) is 6.22. The van der Waals surface area contributed by atoms with Crippen molar-refractivity contribution in [3.8, 4) is 0 Å². The molecule has 0 aliphatic carbocycles. The van der Waals surface area contributed by atoms with E-state index >= 15 is 0 Å². The number of hydrogen-bond acceptors (Lipinski definition) is 0.